The number of rotatable bonds is 2. The summed E-state index contributed by atoms with van der Waals surface area (Å²) < 4.78 is 27.7. The first-order valence-corrected chi connectivity index (χ1v) is 7.48. The maximum Gasteiger partial charge on any atom is 0.515 e. The van der Waals surface area contributed by atoms with Crippen molar-refractivity contribution in [1.82, 2.24) is 20.2 Å². The second-order valence-electron chi connectivity index (χ2n) is 3.33. The summed E-state index contributed by atoms with van der Waals surface area (Å²) in [7, 11) is -5.62. The molecule has 2 bridgehead atoms. The number of phosphoric acid groups is 1. The highest BCUT2D eigenvalue weighted by Crippen LogP contribution is 3.01. The Morgan fingerprint density at radius 3 is 2.53 bits per heavy atom. The Morgan fingerprint density at radius 1 is 1.18 bits per heavy atom. The van der Waals surface area contributed by atoms with Crippen LogP contribution in [0.2, 0.25) is 0 Å². The molecule has 2 aromatic rings. The molecule has 1 aromatic carbocycles. The second kappa shape index (κ2) is 2.95. The van der Waals surface area contributed by atoms with E-state index in [4.69, 9.17) is 11.9 Å². The number of benzene rings is 1. The standard InChI is InChI=1S/C7H5N4O4PS/c12-16-13-17(14-16,15-16)7-8-9-10-11(7)6-4-2-1-3-5-6/h1-5H. The van der Waals surface area contributed by atoms with Crippen LogP contribution in [-0.2, 0) is 16.5 Å². The fraction of sp³-hybridized carbons (Fsp3) is 0. The summed E-state index contributed by atoms with van der Waals surface area (Å²) in [6.45, 7) is 0. The van der Waals surface area contributed by atoms with Crippen LogP contribution in [0.4, 0.5) is 0 Å². The Balaban J connectivity index is 1.80. The quantitative estimate of drug-likeness (QED) is 0.769. The van der Waals surface area contributed by atoms with Crippen molar-refractivity contribution in [2.45, 2.75) is 5.16 Å². The maximum atomic E-state index is 11.2. The minimum absolute atomic E-state index is 0.293. The van der Waals surface area contributed by atoms with Crippen molar-refractivity contribution in [2.24, 2.45) is 0 Å². The van der Waals surface area contributed by atoms with Gasteiger partial charge in [0, 0.05) is 0 Å². The molecule has 3 fully saturated rings. The lowest BCUT2D eigenvalue weighted by molar-refractivity contribution is 0.140. The van der Waals surface area contributed by atoms with Gasteiger partial charge >= 0.3 is 7.82 Å². The zero-order valence-electron chi connectivity index (χ0n) is 8.16. The van der Waals surface area contributed by atoms with Crippen LogP contribution in [0.25, 0.3) is 5.69 Å². The Kier molecular flexibility index (Phi) is 1.69. The highest BCUT2D eigenvalue weighted by Gasteiger charge is 2.75. The summed E-state index contributed by atoms with van der Waals surface area (Å²) in [6.07, 6.45) is 0. The van der Waals surface area contributed by atoms with E-state index in [1.54, 1.807) is 0 Å². The first-order chi connectivity index (χ1) is 8.21. The third kappa shape index (κ3) is 1.20. The Hall–Kier alpha value is -1.25. The summed E-state index contributed by atoms with van der Waals surface area (Å²) in [5, 5.41) is 11.5. The van der Waals surface area contributed by atoms with E-state index in [-0.39, 0.29) is 0 Å². The number of para-hydroxylation sites is 1. The summed E-state index contributed by atoms with van der Waals surface area (Å²) >= 11 is 0. The molecular formula is C7H5N4O4PS. The molecule has 17 heavy (non-hydrogen) atoms. The zero-order valence-corrected chi connectivity index (χ0v) is 9.87. The summed E-state index contributed by atoms with van der Waals surface area (Å²) in [4.78, 5) is 0. The van der Waals surface area contributed by atoms with Crippen LogP contribution in [0.3, 0.4) is 0 Å². The van der Waals surface area contributed by atoms with E-state index in [0.29, 0.717) is 5.16 Å². The second-order valence-corrected chi connectivity index (χ2v) is 7.29. The molecule has 1 aromatic heterocycles. The fourth-order valence-corrected chi connectivity index (χ4v) is 5.85. The maximum absolute atomic E-state index is 11.2. The van der Waals surface area contributed by atoms with Crippen LogP contribution < -0.4 is 0 Å². The van der Waals surface area contributed by atoms with Crippen molar-refractivity contribution >= 4 is 18.7 Å². The average molecular weight is 272 g/mol. The summed E-state index contributed by atoms with van der Waals surface area (Å²) in [6, 6.07) is 9.23. The largest absolute Gasteiger partial charge is 0.515 e. The van der Waals surface area contributed by atoms with Crippen LogP contribution in [-0.4, -0.2) is 20.2 Å². The van der Waals surface area contributed by atoms with E-state index >= 15 is 0 Å². The van der Waals surface area contributed by atoms with Gasteiger partial charge in [-0.25, -0.2) is 4.57 Å². The van der Waals surface area contributed by atoms with Gasteiger partial charge in [-0.3, -0.25) is 0 Å². The van der Waals surface area contributed by atoms with E-state index in [1.807, 2.05) is 30.3 Å². The Bertz CT molecular complexity index is 620. The number of hydrogen-bond donors (Lipinski definition) is 0. The lowest BCUT2D eigenvalue weighted by Crippen LogP contribution is -2.34. The molecule has 3 aliphatic heterocycles. The predicted molar refractivity (Wildman–Crippen MR) is 55.9 cm³/mol. The molecule has 0 radical (unpaired) electrons. The molecule has 3 saturated heterocycles. The van der Waals surface area contributed by atoms with Gasteiger partial charge in [-0.1, -0.05) is 23.3 Å². The van der Waals surface area contributed by atoms with Crippen molar-refractivity contribution in [3.05, 3.63) is 30.3 Å². The first kappa shape index (κ1) is 9.75. The molecule has 5 rings (SSSR count). The van der Waals surface area contributed by atoms with Gasteiger partial charge in [0.2, 0.25) is 0 Å². The smallest absolute Gasteiger partial charge is 0.225 e. The molecule has 88 valence electrons. The van der Waals surface area contributed by atoms with Gasteiger partial charge in [-0.2, -0.15) is 16.6 Å². The lowest BCUT2D eigenvalue weighted by atomic mass is 10.3. The molecule has 8 nitrogen and oxygen atoms in total. The first-order valence-electron chi connectivity index (χ1n) is 4.62. The van der Waals surface area contributed by atoms with Crippen LogP contribution in [0.5, 0.6) is 0 Å². The highest BCUT2D eigenvalue weighted by atomic mass is 32.3. The predicted octanol–water partition coefficient (Wildman–Crippen LogP) is 1.76. The van der Waals surface area contributed by atoms with E-state index in [0.717, 1.165) is 5.69 Å². The highest BCUT2D eigenvalue weighted by molar-refractivity contribution is 8.36. The molecule has 0 unspecified atom stereocenters. The van der Waals surface area contributed by atoms with Gasteiger partial charge in [-0.15, -0.1) is 0 Å². The number of nitrogens with zero attached hydrogens (tertiary/aromatic N) is 4. The molecule has 0 aliphatic carbocycles. The van der Waals surface area contributed by atoms with Gasteiger partial charge < -0.3 is 0 Å². The van der Waals surface area contributed by atoms with Crippen molar-refractivity contribution in [3.8, 4) is 5.69 Å². The third-order valence-corrected chi connectivity index (χ3v) is 7.48. The molecule has 0 amide bonds. The van der Waals surface area contributed by atoms with Crippen molar-refractivity contribution in [2.75, 3.05) is 0 Å². The minimum Gasteiger partial charge on any atom is -0.225 e. The molecule has 3 aliphatic rings. The molecule has 0 spiro atoms. The third-order valence-electron chi connectivity index (χ3n) is 2.23. The van der Waals surface area contributed by atoms with E-state index in [2.05, 4.69) is 15.5 Å². The molecular weight excluding hydrogens is 267 g/mol. The van der Waals surface area contributed by atoms with Crippen LogP contribution in [0.15, 0.2) is 35.5 Å². The van der Waals surface area contributed by atoms with Crippen LogP contribution in [0, 0.1) is 0 Å². The zero-order chi connectivity index (χ0) is 11.5. The normalized spacial score (nSPS) is 37.6. The van der Waals surface area contributed by atoms with Gasteiger partial charge in [-0.05, 0) is 22.6 Å². The van der Waals surface area contributed by atoms with Crippen LogP contribution >= 0.6 is 18.7 Å². The van der Waals surface area contributed by atoms with Gasteiger partial charge in [0.1, 0.15) is 0 Å². The van der Waals surface area contributed by atoms with Gasteiger partial charge in [0.15, 0.2) is 10.9 Å². The van der Waals surface area contributed by atoms with Crippen molar-refractivity contribution in [3.63, 3.8) is 0 Å². The summed E-state index contributed by atoms with van der Waals surface area (Å²) in [5.74, 6) is 0. The van der Waals surface area contributed by atoms with Gasteiger partial charge in [0.05, 0.1) is 5.69 Å². The van der Waals surface area contributed by atoms with Crippen LogP contribution in [0.1, 0.15) is 0 Å². The van der Waals surface area contributed by atoms with E-state index in [1.165, 1.54) is 4.68 Å². The topological polar surface area (TPSA) is 88.4 Å². The number of hydrogen-bond acceptors (Lipinski definition) is 7. The number of aromatic nitrogens is 4. The molecule has 4 heterocycles. The monoisotopic (exact) mass is 272 g/mol. The molecule has 10 heteroatoms. The van der Waals surface area contributed by atoms with E-state index in [9.17, 15) is 4.57 Å². The van der Waals surface area contributed by atoms with E-state index < -0.39 is 18.7 Å². The molecule has 0 saturated carbocycles. The Labute approximate surface area is 97.0 Å². The summed E-state index contributed by atoms with van der Waals surface area (Å²) in [5.41, 5.74) is 0.749. The molecule has 0 atom stereocenters. The van der Waals surface area contributed by atoms with Crippen molar-refractivity contribution in [1.29, 1.82) is 0 Å². The minimum atomic E-state index is -3.21. The average Bonchev–Trinajstić information content (AvgIpc) is 2.73. The lowest BCUT2D eigenvalue weighted by Gasteiger charge is -2.55. The van der Waals surface area contributed by atoms with Gasteiger partial charge in [0.25, 0.3) is 5.16 Å². The molecule has 0 N–H and O–H groups in total. The Morgan fingerprint density at radius 2 is 1.88 bits per heavy atom. The fourth-order valence-electron chi connectivity index (χ4n) is 1.54. The number of tetrazole rings is 1. The van der Waals surface area contributed by atoms with Crippen molar-refractivity contribution < 1.29 is 16.5 Å². The SMILES string of the molecule is O=P12OS(c3nnnn3-c3ccccc3)(O1)O2.